The number of hydrogen-bond donors (Lipinski definition) is 0. The van der Waals surface area contributed by atoms with Crippen molar-refractivity contribution in [2.45, 2.75) is 39.2 Å². The van der Waals surface area contributed by atoms with Gasteiger partial charge in [0, 0.05) is 25.0 Å². The van der Waals surface area contributed by atoms with Crippen LogP contribution in [0.15, 0.2) is 42.6 Å². The van der Waals surface area contributed by atoms with E-state index in [2.05, 4.69) is 11.9 Å². The third kappa shape index (κ3) is 3.34. The molecule has 0 bridgehead atoms. The summed E-state index contributed by atoms with van der Waals surface area (Å²) in [5, 5.41) is 0. The second-order valence-corrected chi connectivity index (χ2v) is 7.73. The topological polar surface area (TPSA) is 53.5 Å². The number of rotatable bonds is 3. The van der Waals surface area contributed by atoms with Gasteiger partial charge < -0.3 is 4.90 Å². The Kier molecular flexibility index (Phi) is 4.68. The smallest absolute Gasteiger partial charge is 0.260 e. The molecule has 0 radical (unpaired) electrons. The van der Waals surface area contributed by atoms with E-state index < -0.39 is 0 Å². The molecule has 27 heavy (non-hydrogen) atoms. The molecule has 5 nitrogen and oxygen atoms in total. The molecule has 3 heterocycles. The first-order chi connectivity index (χ1) is 13.0. The van der Waals surface area contributed by atoms with Gasteiger partial charge in [-0.25, -0.2) is 0 Å². The molecule has 1 saturated heterocycles. The molecule has 1 fully saturated rings. The van der Waals surface area contributed by atoms with Gasteiger partial charge in [-0.3, -0.25) is 19.5 Å². The fraction of sp³-hybridized carbons (Fsp3) is 0.409. The molecule has 4 rings (SSSR count). The normalized spacial score (nSPS) is 20.1. The van der Waals surface area contributed by atoms with Gasteiger partial charge in [-0.1, -0.05) is 19.1 Å². The number of amides is 2. The lowest BCUT2D eigenvalue weighted by atomic mass is 9.98. The van der Waals surface area contributed by atoms with Gasteiger partial charge in [0.05, 0.1) is 23.7 Å². The number of aryl methyl sites for hydroxylation is 1. The molecule has 0 saturated carbocycles. The van der Waals surface area contributed by atoms with Crippen molar-refractivity contribution in [1.82, 2.24) is 9.88 Å². The molecular formula is C22H25N3O2. The molecule has 2 aliphatic heterocycles. The fourth-order valence-electron chi connectivity index (χ4n) is 4.07. The van der Waals surface area contributed by atoms with Crippen molar-refractivity contribution in [1.29, 1.82) is 0 Å². The SMILES string of the molecule is Cc1cccc(N2C(=O)c3cccnc3[C@@H]2CC(=O)N2CCC(C)CC2)c1. The summed E-state index contributed by atoms with van der Waals surface area (Å²) in [6, 6.07) is 11.1. The Hall–Kier alpha value is -2.69. The standard InChI is InChI=1S/C22H25N3O2/c1-15-8-11-24(12-9-15)20(26)14-19-21-18(7-4-10-23-21)22(27)25(19)17-6-3-5-16(2)13-17/h3-7,10,13,15,19H,8-9,11-12,14H2,1-2H3/t19-/m0/s1. The van der Waals surface area contributed by atoms with Crippen LogP contribution in [0.2, 0.25) is 0 Å². The lowest BCUT2D eigenvalue weighted by Gasteiger charge is -2.32. The van der Waals surface area contributed by atoms with E-state index in [0.29, 0.717) is 17.2 Å². The Morgan fingerprint density at radius 2 is 1.96 bits per heavy atom. The van der Waals surface area contributed by atoms with Crippen molar-refractivity contribution in [2.75, 3.05) is 18.0 Å². The monoisotopic (exact) mass is 363 g/mol. The molecule has 1 atom stereocenters. The highest BCUT2D eigenvalue weighted by atomic mass is 16.2. The lowest BCUT2D eigenvalue weighted by molar-refractivity contribution is -0.132. The van der Waals surface area contributed by atoms with Crippen LogP contribution in [-0.4, -0.2) is 34.8 Å². The first-order valence-electron chi connectivity index (χ1n) is 9.67. The van der Waals surface area contributed by atoms with Crippen LogP contribution in [0.3, 0.4) is 0 Å². The number of piperidine rings is 1. The highest BCUT2D eigenvalue weighted by molar-refractivity contribution is 6.11. The van der Waals surface area contributed by atoms with E-state index in [1.807, 2.05) is 36.1 Å². The van der Waals surface area contributed by atoms with E-state index in [9.17, 15) is 9.59 Å². The molecule has 1 aromatic carbocycles. The third-order valence-corrected chi connectivity index (χ3v) is 5.70. The second kappa shape index (κ2) is 7.14. The number of pyridine rings is 1. The van der Waals surface area contributed by atoms with E-state index in [1.54, 1.807) is 23.2 Å². The molecule has 0 unspecified atom stereocenters. The summed E-state index contributed by atoms with van der Waals surface area (Å²) in [6.07, 6.45) is 4.07. The van der Waals surface area contributed by atoms with E-state index in [0.717, 1.165) is 37.2 Å². The van der Waals surface area contributed by atoms with Gasteiger partial charge in [-0.05, 0) is 55.5 Å². The molecule has 0 N–H and O–H groups in total. The molecule has 140 valence electrons. The first-order valence-corrected chi connectivity index (χ1v) is 9.67. The summed E-state index contributed by atoms with van der Waals surface area (Å²) in [5.74, 6) is 0.706. The van der Waals surface area contributed by atoms with Gasteiger partial charge in [0.2, 0.25) is 5.91 Å². The molecule has 2 aromatic rings. The van der Waals surface area contributed by atoms with Crippen LogP contribution in [0.5, 0.6) is 0 Å². The summed E-state index contributed by atoms with van der Waals surface area (Å²) >= 11 is 0. The average molecular weight is 363 g/mol. The van der Waals surface area contributed by atoms with E-state index >= 15 is 0 Å². The Morgan fingerprint density at radius 1 is 1.19 bits per heavy atom. The number of anilines is 1. The van der Waals surface area contributed by atoms with Crippen molar-refractivity contribution >= 4 is 17.5 Å². The predicted octanol–water partition coefficient (Wildman–Crippen LogP) is 3.74. The van der Waals surface area contributed by atoms with Gasteiger partial charge >= 0.3 is 0 Å². The van der Waals surface area contributed by atoms with Gasteiger partial charge in [-0.2, -0.15) is 0 Å². The van der Waals surface area contributed by atoms with Gasteiger partial charge in [0.25, 0.3) is 5.91 Å². The molecule has 1 aromatic heterocycles. The Bertz CT molecular complexity index is 871. The Balaban J connectivity index is 1.64. The minimum atomic E-state index is -0.345. The van der Waals surface area contributed by atoms with Gasteiger partial charge in [0.15, 0.2) is 0 Å². The summed E-state index contributed by atoms with van der Waals surface area (Å²) in [4.78, 5) is 34.2. The number of benzene rings is 1. The molecule has 2 amide bonds. The van der Waals surface area contributed by atoms with Crippen molar-refractivity contribution < 1.29 is 9.59 Å². The van der Waals surface area contributed by atoms with Gasteiger partial charge in [0.1, 0.15) is 0 Å². The molecule has 0 aliphatic carbocycles. The molecule has 5 heteroatoms. The average Bonchev–Trinajstić information content (AvgIpc) is 2.94. The number of carbonyl (C=O) groups is 2. The fourth-order valence-corrected chi connectivity index (χ4v) is 4.07. The largest absolute Gasteiger partial charge is 0.343 e. The van der Waals surface area contributed by atoms with Crippen LogP contribution in [0, 0.1) is 12.8 Å². The zero-order chi connectivity index (χ0) is 19.0. The number of nitrogens with zero attached hydrogens (tertiary/aromatic N) is 3. The highest BCUT2D eigenvalue weighted by Crippen LogP contribution is 2.39. The maximum atomic E-state index is 13.1. The first kappa shape index (κ1) is 17.7. The zero-order valence-corrected chi connectivity index (χ0v) is 15.9. The maximum absolute atomic E-state index is 13.1. The zero-order valence-electron chi connectivity index (χ0n) is 15.9. The minimum absolute atomic E-state index is 0.0752. The molecule has 0 spiro atoms. The predicted molar refractivity (Wildman–Crippen MR) is 105 cm³/mol. The maximum Gasteiger partial charge on any atom is 0.260 e. The van der Waals surface area contributed by atoms with Crippen molar-refractivity contribution in [3.05, 3.63) is 59.4 Å². The quantitative estimate of drug-likeness (QED) is 0.835. The Labute approximate surface area is 160 Å². The lowest BCUT2D eigenvalue weighted by Crippen LogP contribution is -2.40. The number of carbonyl (C=O) groups excluding carboxylic acids is 2. The van der Waals surface area contributed by atoms with Crippen molar-refractivity contribution in [3.8, 4) is 0 Å². The second-order valence-electron chi connectivity index (χ2n) is 7.73. The van der Waals surface area contributed by atoms with Gasteiger partial charge in [-0.15, -0.1) is 0 Å². The number of hydrogen-bond acceptors (Lipinski definition) is 3. The van der Waals surface area contributed by atoms with Crippen LogP contribution in [-0.2, 0) is 4.79 Å². The van der Waals surface area contributed by atoms with Crippen LogP contribution in [0.1, 0.15) is 53.8 Å². The summed E-state index contributed by atoms with van der Waals surface area (Å²) < 4.78 is 0. The van der Waals surface area contributed by atoms with Crippen molar-refractivity contribution in [3.63, 3.8) is 0 Å². The van der Waals surface area contributed by atoms with Crippen molar-refractivity contribution in [2.24, 2.45) is 5.92 Å². The summed E-state index contributed by atoms with van der Waals surface area (Å²) in [6.45, 7) is 5.85. The summed E-state index contributed by atoms with van der Waals surface area (Å²) in [7, 11) is 0. The summed E-state index contributed by atoms with van der Waals surface area (Å²) in [5.41, 5.74) is 3.22. The third-order valence-electron chi connectivity index (χ3n) is 5.70. The minimum Gasteiger partial charge on any atom is -0.343 e. The van der Waals surface area contributed by atoms with Crippen LogP contribution in [0.4, 0.5) is 5.69 Å². The number of fused-ring (bicyclic) bond motifs is 1. The van der Waals surface area contributed by atoms with E-state index in [-0.39, 0.29) is 24.3 Å². The molecular weight excluding hydrogens is 338 g/mol. The van der Waals surface area contributed by atoms with E-state index in [4.69, 9.17) is 0 Å². The highest BCUT2D eigenvalue weighted by Gasteiger charge is 2.40. The van der Waals surface area contributed by atoms with Crippen LogP contribution >= 0.6 is 0 Å². The van der Waals surface area contributed by atoms with Crippen LogP contribution < -0.4 is 4.90 Å². The number of aromatic nitrogens is 1. The molecule has 2 aliphatic rings. The number of likely N-dealkylation sites (tertiary alicyclic amines) is 1. The Morgan fingerprint density at radius 3 is 2.70 bits per heavy atom. The van der Waals surface area contributed by atoms with Crippen LogP contribution in [0.25, 0.3) is 0 Å². The van der Waals surface area contributed by atoms with E-state index in [1.165, 1.54) is 0 Å².